The zero-order chi connectivity index (χ0) is 21.1. The van der Waals surface area contributed by atoms with Crippen LogP contribution in [0.1, 0.15) is 53.0 Å². The number of Topliss-reactive ketones (excluding diaryl/α,β-unsaturated/α-hetero) is 1. The number of carbonyl (C=O) groups excluding carboxylic acids is 3. The Labute approximate surface area is 171 Å². The van der Waals surface area contributed by atoms with Crippen LogP contribution in [0.5, 0.6) is 5.75 Å². The lowest BCUT2D eigenvalue weighted by Crippen LogP contribution is -2.31. The van der Waals surface area contributed by atoms with Crippen molar-refractivity contribution in [1.29, 1.82) is 0 Å². The van der Waals surface area contributed by atoms with Crippen LogP contribution >= 0.6 is 0 Å². The van der Waals surface area contributed by atoms with Crippen molar-refractivity contribution in [1.82, 2.24) is 5.32 Å². The van der Waals surface area contributed by atoms with Gasteiger partial charge in [-0.3, -0.25) is 14.4 Å². The summed E-state index contributed by atoms with van der Waals surface area (Å²) >= 11 is 0. The average Bonchev–Trinajstić information content (AvgIpc) is 2.76. The summed E-state index contributed by atoms with van der Waals surface area (Å²) in [5.41, 5.74) is 2.02. The smallest absolute Gasteiger partial charge is 0.325 e. The Kier molecular flexibility index (Phi) is 8.89. The second-order valence-electron chi connectivity index (χ2n) is 6.54. The summed E-state index contributed by atoms with van der Waals surface area (Å²) in [6, 6.07) is 13.9. The predicted molar refractivity (Wildman–Crippen MR) is 110 cm³/mol. The molecular weight excluding hydrogens is 370 g/mol. The molecule has 2 rings (SSSR count). The van der Waals surface area contributed by atoms with E-state index in [0.717, 1.165) is 24.8 Å². The van der Waals surface area contributed by atoms with Crippen LogP contribution in [0.4, 0.5) is 0 Å². The second kappa shape index (κ2) is 11.6. The predicted octanol–water partition coefficient (Wildman–Crippen LogP) is 3.58. The molecule has 0 aliphatic rings. The van der Waals surface area contributed by atoms with Crippen LogP contribution in [0.15, 0.2) is 48.5 Å². The van der Waals surface area contributed by atoms with Crippen molar-refractivity contribution in [3.63, 3.8) is 0 Å². The monoisotopic (exact) mass is 397 g/mol. The highest BCUT2D eigenvalue weighted by Crippen LogP contribution is 2.12. The van der Waals surface area contributed by atoms with Crippen LogP contribution in [0.25, 0.3) is 0 Å². The number of aryl methyl sites for hydroxylation is 1. The fourth-order valence-corrected chi connectivity index (χ4v) is 2.50. The number of esters is 1. The summed E-state index contributed by atoms with van der Waals surface area (Å²) in [5, 5.41) is 2.48. The van der Waals surface area contributed by atoms with Gasteiger partial charge in [0.2, 0.25) is 0 Å². The summed E-state index contributed by atoms with van der Waals surface area (Å²) < 4.78 is 10.5. The molecule has 0 fully saturated rings. The standard InChI is InChI=1S/C23H27NO5/c1-3-5-14-28-20-12-10-19(11-13-20)23(27)24-15-22(26)29-16-21(25)18-8-6-17(4-2)7-9-18/h6-13H,3-5,14-16H2,1-2H3,(H,24,27). The van der Waals surface area contributed by atoms with Crippen LogP contribution in [-0.4, -0.2) is 37.4 Å². The molecule has 6 nitrogen and oxygen atoms in total. The second-order valence-corrected chi connectivity index (χ2v) is 6.54. The summed E-state index contributed by atoms with van der Waals surface area (Å²) in [5.74, 6) is -0.661. The molecule has 2 aromatic carbocycles. The topological polar surface area (TPSA) is 81.7 Å². The quantitative estimate of drug-likeness (QED) is 0.356. The number of nitrogens with one attached hydrogen (secondary N) is 1. The van der Waals surface area contributed by atoms with Gasteiger partial charge in [-0.2, -0.15) is 0 Å². The van der Waals surface area contributed by atoms with Crippen LogP contribution < -0.4 is 10.1 Å². The Bertz CT molecular complexity index is 812. The molecule has 0 saturated heterocycles. The van der Waals surface area contributed by atoms with Crippen LogP contribution in [-0.2, 0) is 16.0 Å². The third-order valence-electron chi connectivity index (χ3n) is 4.32. The molecule has 0 aromatic heterocycles. The maximum Gasteiger partial charge on any atom is 0.325 e. The molecule has 0 bridgehead atoms. The molecule has 0 aliphatic heterocycles. The van der Waals surface area contributed by atoms with Gasteiger partial charge in [-0.1, -0.05) is 44.5 Å². The van der Waals surface area contributed by atoms with Crippen LogP contribution in [0, 0.1) is 0 Å². The molecule has 6 heteroatoms. The van der Waals surface area contributed by atoms with Gasteiger partial charge < -0.3 is 14.8 Å². The molecule has 1 amide bonds. The molecule has 0 saturated carbocycles. The average molecular weight is 397 g/mol. The highest BCUT2D eigenvalue weighted by atomic mass is 16.5. The largest absolute Gasteiger partial charge is 0.494 e. The van der Waals surface area contributed by atoms with E-state index in [2.05, 4.69) is 12.2 Å². The molecule has 0 heterocycles. The first-order chi connectivity index (χ1) is 14.0. The van der Waals surface area contributed by atoms with E-state index in [-0.39, 0.29) is 18.9 Å². The number of ketones is 1. The number of amides is 1. The molecule has 0 aliphatic carbocycles. The zero-order valence-electron chi connectivity index (χ0n) is 16.9. The summed E-state index contributed by atoms with van der Waals surface area (Å²) in [7, 11) is 0. The van der Waals surface area contributed by atoms with Gasteiger partial charge in [0.05, 0.1) is 6.61 Å². The lowest BCUT2D eigenvalue weighted by atomic mass is 10.1. The molecule has 2 aromatic rings. The maximum atomic E-state index is 12.1. The van der Waals surface area contributed by atoms with Gasteiger partial charge in [-0.25, -0.2) is 0 Å². The molecule has 0 spiro atoms. The van der Waals surface area contributed by atoms with E-state index >= 15 is 0 Å². The Hall–Kier alpha value is -3.15. The fourth-order valence-electron chi connectivity index (χ4n) is 2.50. The van der Waals surface area contributed by atoms with E-state index in [4.69, 9.17) is 9.47 Å². The minimum atomic E-state index is -0.670. The minimum Gasteiger partial charge on any atom is -0.494 e. The Morgan fingerprint density at radius 2 is 1.55 bits per heavy atom. The van der Waals surface area contributed by atoms with Crippen molar-refractivity contribution in [2.24, 2.45) is 0 Å². The number of hydrogen-bond donors (Lipinski definition) is 1. The van der Waals surface area contributed by atoms with Crippen LogP contribution in [0.3, 0.4) is 0 Å². The number of benzene rings is 2. The summed E-state index contributed by atoms with van der Waals surface area (Å²) in [6.45, 7) is 4.08. The van der Waals surface area contributed by atoms with Crippen molar-refractivity contribution in [2.45, 2.75) is 33.1 Å². The lowest BCUT2D eigenvalue weighted by molar-refractivity contribution is -0.141. The van der Waals surface area contributed by atoms with Gasteiger partial charge in [-0.05, 0) is 42.7 Å². The van der Waals surface area contributed by atoms with E-state index in [1.54, 1.807) is 36.4 Å². The molecule has 0 unspecified atom stereocenters. The first kappa shape index (κ1) is 22.1. The van der Waals surface area contributed by atoms with Crippen molar-refractivity contribution in [2.75, 3.05) is 19.8 Å². The van der Waals surface area contributed by atoms with Crippen molar-refractivity contribution in [3.05, 3.63) is 65.2 Å². The van der Waals surface area contributed by atoms with Crippen molar-refractivity contribution >= 4 is 17.7 Å². The minimum absolute atomic E-state index is 0.286. The van der Waals surface area contributed by atoms with Gasteiger partial charge in [0.15, 0.2) is 12.4 Å². The Balaban J connectivity index is 1.73. The highest BCUT2D eigenvalue weighted by Gasteiger charge is 2.12. The molecule has 0 atom stereocenters. The number of unbranched alkanes of at least 4 members (excludes halogenated alkanes) is 1. The SMILES string of the molecule is CCCCOc1ccc(C(=O)NCC(=O)OCC(=O)c2ccc(CC)cc2)cc1. The third kappa shape index (κ3) is 7.41. The molecule has 0 radical (unpaired) electrons. The van der Waals surface area contributed by atoms with Gasteiger partial charge in [0, 0.05) is 11.1 Å². The van der Waals surface area contributed by atoms with Gasteiger partial charge >= 0.3 is 5.97 Å². The van der Waals surface area contributed by atoms with Crippen LogP contribution in [0.2, 0.25) is 0 Å². The van der Waals surface area contributed by atoms with E-state index in [1.807, 2.05) is 19.1 Å². The number of hydrogen-bond acceptors (Lipinski definition) is 5. The van der Waals surface area contributed by atoms with Crippen molar-refractivity contribution in [3.8, 4) is 5.75 Å². The molecule has 29 heavy (non-hydrogen) atoms. The maximum absolute atomic E-state index is 12.1. The molecule has 154 valence electrons. The van der Waals surface area contributed by atoms with E-state index in [1.165, 1.54) is 0 Å². The lowest BCUT2D eigenvalue weighted by Gasteiger charge is -2.08. The number of carbonyl (C=O) groups is 3. The van der Waals surface area contributed by atoms with Gasteiger partial charge in [0.1, 0.15) is 12.3 Å². The Morgan fingerprint density at radius 1 is 0.897 bits per heavy atom. The summed E-state index contributed by atoms with van der Waals surface area (Å²) in [4.78, 5) is 36.0. The van der Waals surface area contributed by atoms with Gasteiger partial charge in [0.25, 0.3) is 5.91 Å². The number of rotatable bonds is 11. The third-order valence-corrected chi connectivity index (χ3v) is 4.32. The highest BCUT2D eigenvalue weighted by molar-refractivity contribution is 5.98. The molecular formula is C23H27NO5. The normalized spacial score (nSPS) is 10.3. The fraction of sp³-hybridized carbons (Fsp3) is 0.348. The first-order valence-corrected chi connectivity index (χ1v) is 9.82. The van der Waals surface area contributed by atoms with Gasteiger partial charge in [-0.15, -0.1) is 0 Å². The summed E-state index contributed by atoms with van der Waals surface area (Å²) in [6.07, 6.45) is 2.90. The van der Waals surface area contributed by atoms with E-state index < -0.39 is 11.9 Å². The zero-order valence-corrected chi connectivity index (χ0v) is 16.9. The van der Waals surface area contributed by atoms with E-state index in [9.17, 15) is 14.4 Å². The Morgan fingerprint density at radius 3 is 2.17 bits per heavy atom. The number of ether oxygens (including phenoxy) is 2. The van der Waals surface area contributed by atoms with E-state index in [0.29, 0.717) is 23.5 Å². The van der Waals surface area contributed by atoms with Crippen molar-refractivity contribution < 1.29 is 23.9 Å². The first-order valence-electron chi connectivity index (χ1n) is 9.82. The molecule has 1 N–H and O–H groups in total.